The molecule has 0 aromatic rings. The molecule has 0 N–H and O–H groups in total. The SMILES string of the molecule is CC/C=C\C/C=C\C/C=C\CCCCCC(=O)OC(COC(=O)CCCCCCC/C=C\CCCCCC)COC(=O)CCCCCCCCCCCCCCCCCCC/C=C\CCCCCCCCCC. The van der Waals surface area contributed by atoms with Gasteiger partial charge in [0.25, 0.3) is 0 Å². The fraction of sp³-hybridized carbons (Fsp3) is 0.806. The van der Waals surface area contributed by atoms with Gasteiger partial charge in [0.2, 0.25) is 0 Å². The van der Waals surface area contributed by atoms with E-state index >= 15 is 0 Å². The molecular formula is C67H120O6. The second kappa shape index (κ2) is 61.7. The minimum Gasteiger partial charge on any atom is -0.462 e. The minimum atomic E-state index is -0.791. The molecule has 1 unspecified atom stereocenters. The van der Waals surface area contributed by atoms with Crippen molar-refractivity contribution >= 4 is 17.9 Å². The Morgan fingerprint density at radius 1 is 0.288 bits per heavy atom. The highest BCUT2D eigenvalue weighted by molar-refractivity contribution is 5.71. The summed E-state index contributed by atoms with van der Waals surface area (Å²) in [5, 5.41) is 0. The van der Waals surface area contributed by atoms with E-state index in [4.69, 9.17) is 14.2 Å². The number of ether oxygens (including phenoxy) is 3. The number of hydrogen-bond donors (Lipinski definition) is 0. The average molecular weight is 1020 g/mol. The van der Waals surface area contributed by atoms with Crippen LogP contribution in [0, 0.1) is 0 Å². The molecule has 0 aromatic heterocycles. The molecule has 0 aliphatic rings. The third-order valence-corrected chi connectivity index (χ3v) is 14.0. The molecule has 0 fully saturated rings. The van der Waals surface area contributed by atoms with E-state index in [1.54, 1.807) is 0 Å². The number of rotatable bonds is 58. The van der Waals surface area contributed by atoms with Gasteiger partial charge in [-0.2, -0.15) is 0 Å². The van der Waals surface area contributed by atoms with Crippen LogP contribution < -0.4 is 0 Å². The summed E-state index contributed by atoms with van der Waals surface area (Å²) in [6.45, 7) is 6.51. The number of carbonyl (C=O) groups is 3. The summed E-state index contributed by atoms with van der Waals surface area (Å²) < 4.78 is 16.9. The van der Waals surface area contributed by atoms with Crippen molar-refractivity contribution in [3.63, 3.8) is 0 Å². The van der Waals surface area contributed by atoms with E-state index in [2.05, 4.69) is 81.5 Å². The number of allylic oxidation sites excluding steroid dienone is 10. The van der Waals surface area contributed by atoms with Crippen molar-refractivity contribution in [1.82, 2.24) is 0 Å². The van der Waals surface area contributed by atoms with Crippen LogP contribution in [0.15, 0.2) is 60.8 Å². The van der Waals surface area contributed by atoms with Gasteiger partial charge in [0, 0.05) is 19.3 Å². The van der Waals surface area contributed by atoms with Gasteiger partial charge in [-0.15, -0.1) is 0 Å². The molecule has 6 nitrogen and oxygen atoms in total. The lowest BCUT2D eigenvalue weighted by atomic mass is 10.0. The summed E-state index contributed by atoms with van der Waals surface area (Å²) >= 11 is 0. The molecule has 0 heterocycles. The monoisotopic (exact) mass is 1020 g/mol. The molecule has 0 rings (SSSR count). The summed E-state index contributed by atoms with van der Waals surface area (Å²) in [5.41, 5.74) is 0. The summed E-state index contributed by atoms with van der Waals surface area (Å²) in [6, 6.07) is 0. The van der Waals surface area contributed by atoms with Crippen LogP contribution in [0.4, 0.5) is 0 Å². The summed E-state index contributed by atoms with van der Waals surface area (Å²) in [6.07, 6.45) is 78.2. The van der Waals surface area contributed by atoms with Crippen LogP contribution >= 0.6 is 0 Å². The Morgan fingerprint density at radius 3 is 0.877 bits per heavy atom. The predicted molar refractivity (Wildman–Crippen MR) is 316 cm³/mol. The van der Waals surface area contributed by atoms with Crippen molar-refractivity contribution in [1.29, 1.82) is 0 Å². The lowest BCUT2D eigenvalue weighted by Crippen LogP contribution is -2.30. The fourth-order valence-electron chi connectivity index (χ4n) is 9.21. The van der Waals surface area contributed by atoms with Gasteiger partial charge in [-0.3, -0.25) is 14.4 Å². The molecule has 0 saturated carbocycles. The smallest absolute Gasteiger partial charge is 0.306 e. The van der Waals surface area contributed by atoms with Gasteiger partial charge in [0.15, 0.2) is 6.10 Å². The zero-order chi connectivity index (χ0) is 52.9. The van der Waals surface area contributed by atoms with Crippen molar-refractivity contribution in [2.24, 2.45) is 0 Å². The average Bonchev–Trinajstić information content (AvgIpc) is 3.39. The topological polar surface area (TPSA) is 78.9 Å². The molecule has 0 spiro atoms. The molecule has 0 aliphatic heterocycles. The van der Waals surface area contributed by atoms with Crippen LogP contribution in [-0.2, 0) is 28.6 Å². The predicted octanol–water partition coefficient (Wildman–Crippen LogP) is 21.6. The van der Waals surface area contributed by atoms with Crippen LogP contribution in [0.5, 0.6) is 0 Å². The van der Waals surface area contributed by atoms with Crippen LogP contribution in [-0.4, -0.2) is 37.2 Å². The lowest BCUT2D eigenvalue weighted by Gasteiger charge is -2.18. The number of carbonyl (C=O) groups excluding carboxylic acids is 3. The number of hydrogen-bond acceptors (Lipinski definition) is 6. The maximum absolute atomic E-state index is 12.8. The van der Waals surface area contributed by atoms with Crippen LogP contribution in [0.2, 0.25) is 0 Å². The molecule has 0 aromatic carbocycles. The first-order valence-corrected chi connectivity index (χ1v) is 31.8. The van der Waals surface area contributed by atoms with E-state index in [0.717, 1.165) is 89.9 Å². The Morgan fingerprint density at radius 2 is 0.534 bits per heavy atom. The molecule has 73 heavy (non-hydrogen) atoms. The van der Waals surface area contributed by atoms with E-state index in [9.17, 15) is 14.4 Å². The maximum Gasteiger partial charge on any atom is 0.306 e. The maximum atomic E-state index is 12.8. The van der Waals surface area contributed by atoms with Gasteiger partial charge < -0.3 is 14.2 Å². The zero-order valence-electron chi connectivity index (χ0n) is 48.7. The molecular weight excluding hydrogens is 901 g/mol. The van der Waals surface area contributed by atoms with Crippen molar-refractivity contribution in [3.8, 4) is 0 Å². The second-order valence-electron chi connectivity index (χ2n) is 21.3. The Labute approximate surface area is 453 Å². The summed E-state index contributed by atoms with van der Waals surface area (Å²) in [5.74, 6) is -0.912. The molecule has 0 bridgehead atoms. The quantitative estimate of drug-likeness (QED) is 0.0261. The standard InChI is InChI=1S/C67H120O6/c1-4-7-10-13-16-19-22-25-26-27-28-29-30-31-32-33-34-35-36-37-38-39-40-43-45-48-51-54-57-60-66(69)72-63-64(73-67(70)61-58-55-52-49-46-42-24-21-18-15-12-9-6-3)62-71-65(68)59-56-53-50-47-44-41-23-20-17-14-11-8-5-2/h9,12,18,20-21,23,27-28,42,46,64H,4-8,10-11,13-17,19,22,24-26,29-41,43-45,47-63H2,1-3H3/b12-9-,21-18-,23-20-,28-27-,46-42-. The van der Waals surface area contributed by atoms with Crippen LogP contribution in [0.1, 0.15) is 329 Å². The normalized spacial score (nSPS) is 12.4. The summed E-state index contributed by atoms with van der Waals surface area (Å²) in [7, 11) is 0. The number of unbranched alkanes of at least 4 members (excludes halogenated alkanes) is 37. The number of esters is 3. The van der Waals surface area contributed by atoms with Crippen LogP contribution in [0.25, 0.3) is 0 Å². The van der Waals surface area contributed by atoms with Gasteiger partial charge >= 0.3 is 17.9 Å². The molecule has 1 atom stereocenters. The van der Waals surface area contributed by atoms with Crippen molar-refractivity contribution in [2.45, 2.75) is 335 Å². The Bertz CT molecular complexity index is 1310. The van der Waals surface area contributed by atoms with Gasteiger partial charge in [-0.25, -0.2) is 0 Å². The first-order valence-electron chi connectivity index (χ1n) is 31.8. The Kier molecular flexibility index (Phi) is 59.2. The van der Waals surface area contributed by atoms with E-state index in [1.165, 1.54) is 199 Å². The van der Waals surface area contributed by atoms with Gasteiger partial charge in [-0.05, 0) is 103 Å². The van der Waals surface area contributed by atoms with Crippen molar-refractivity contribution in [3.05, 3.63) is 60.8 Å². The third-order valence-electron chi connectivity index (χ3n) is 14.0. The first-order chi connectivity index (χ1) is 36.0. The fourth-order valence-corrected chi connectivity index (χ4v) is 9.21. The largest absolute Gasteiger partial charge is 0.462 e. The first kappa shape index (κ1) is 70.1. The van der Waals surface area contributed by atoms with Gasteiger partial charge in [0.1, 0.15) is 13.2 Å². The van der Waals surface area contributed by atoms with Crippen LogP contribution in [0.3, 0.4) is 0 Å². The van der Waals surface area contributed by atoms with Crippen molar-refractivity contribution in [2.75, 3.05) is 13.2 Å². The molecule has 0 amide bonds. The van der Waals surface area contributed by atoms with E-state index < -0.39 is 6.10 Å². The minimum absolute atomic E-state index is 0.0864. The highest BCUT2D eigenvalue weighted by Crippen LogP contribution is 2.17. The molecule has 0 aliphatic carbocycles. The van der Waals surface area contributed by atoms with Gasteiger partial charge in [-0.1, -0.05) is 268 Å². The second-order valence-corrected chi connectivity index (χ2v) is 21.3. The van der Waals surface area contributed by atoms with Gasteiger partial charge in [0.05, 0.1) is 0 Å². The lowest BCUT2D eigenvalue weighted by molar-refractivity contribution is -0.167. The highest BCUT2D eigenvalue weighted by atomic mass is 16.6. The highest BCUT2D eigenvalue weighted by Gasteiger charge is 2.19. The third kappa shape index (κ3) is 59.9. The molecule has 0 radical (unpaired) electrons. The summed E-state index contributed by atoms with van der Waals surface area (Å²) in [4.78, 5) is 38.2. The molecule has 0 saturated heterocycles. The Balaban J connectivity index is 4.16. The van der Waals surface area contributed by atoms with Crippen molar-refractivity contribution < 1.29 is 28.6 Å². The van der Waals surface area contributed by atoms with E-state index in [-0.39, 0.29) is 31.1 Å². The van der Waals surface area contributed by atoms with E-state index in [1.807, 2.05) is 0 Å². The Hall–Kier alpha value is -2.89. The zero-order valence-corrected chi connectivity index (χ0v) is 48.7. The molecule has 6 heteroatoms. The van der Waals surface area contributed by atoms with E-state index in [0.29, 0.717) is 19.3 Å². The molecule has 424 valence electrons.